The summed E-state index contributed by atoms with van der Waals surface area (Å²) in [4.78, 5) is 13.2. The molecular weight excluding hydrogens is 538 g/mol. The lowest BCUT2D eigenvalue weighted by Crippen LogP contribution is -2.45. The number of sulfonamides is 2. The standard InChI is InChI=1S/C25H32ClN3O6S2/c1-2-35-23-12-9-21(26)16-24(23)37(33,34)29-15-5-6-20(18-29)25(30)27-17-19-7-10-22(11-8-19)36(31,32)28-13-3-4-14-28/h7-12,16,20H,2-6,13-15,17-18H2,1H3,(H,27,30)/t20-/m0/s1. The highest BCUT2D eigenvalue weighted by molar-refractivity contribution is 7.89. The van der Waals surface area contributed by atoms with Crippen molar-refractivity contribution in [3.05, 3.63) is 53.1 Å². The lowest BCUT2D eigenvalue weighted by Gasteiger charge is -2.31. The number of nitrogens with zero attached hydrogens (tertiary/aromatic N) is 2. The number of benzene rings is 2. The minimum absolute atomic E-state index is 0.00752. The van der Waals surface area contributed by atoms with Crippen LogP contribution in [-0.4, -0.2) is 64.1 Å². The van der Waals surface area contributed by atoms with Crippen molar-refractivity contribution in [1.82, 2.24) is 13.9 Å². The van der Waals surface area contributed by atoms with Gasteiger partial charge in [-0.3, -0.25) is 4.79 Å². The summed E-state index contributed by atoms with van der Waals surface area (Å²) >= 11 is 6.07. The molecule has 0 radical (unpaired) electrons. The number of carbonyl (C=O) groups excluding carboxylic acids is 1. The van der Waals surface area contributed by atoms with Gasteiger partial charge in [-0.25, -0.2) is 16.8 Å². The Morgan fingerprint density at radius 2 is 1.65 bits per heavy atom. The van der Waals surface area contributed by atoms with Crippen LogP contribution in [0.25, 0.3) is 0 Å². The van der Waals surface area contributed by atoms with Crippen LogP contribution >= 0.6 is 11.6 Å². The van der Waals surface area contributed by atoms with Gasteiger partial charge in [-0.05, 0) is 68.5 Å². The molecule has 2 aromatic rings. The van der Waals surface area contributed by atoms with Gasteiger partial charge in [-0.2, -0.15) is 8.61 Å². The number of hydrogen-bond acceptors (Lipinski definition) is 6. The molecule has 9 nitrogen and oxygen atoms in total. The molecule has 1 atom stereocenters. The lowest BCUT2D eigenvalue weighted by atomic mass is 9.99. The van der Waals surface area contributed by atoms with Crippen LogP contribution in [0, 0.1) is 5.92 Å². The highest BCUT2D eigenvalue weighted by Crippen LogP contribution is 2.32. The normalized spacial score (nSPS) is 19.6. The van der Waals surface area contributed by atoms with Crippen LogP contribution in [0.1, 0.15) is 38.2 Å². The second kappa shape index (κ2) is 11.7. The van der Waals surface area contributed by atoms with Crippen molar-refractivity contribution in [2.24, 2.45) is 5.92 Å². The summed E-state index contributed by atoms with van der Waals surface area (Å²) in [6.45, 7) is 3.73. The molecule has 0 unspecified atom stereocenters. The van der Waals surface area contributed by atoms with Crippen molar-refractivity contribution in [3.8, 4) is 5.75 Å². The summed E-state index contributed by atoms with van der Waals surface area (Å²) in [5.41, 5.74) is 0.759. The minimum atomic E-state index is -3.91. The fourth-order valence-electron chi connectivity index (χ4n) is 4.66. The number of halogens is 1. The Morgan fingerprint density at radius 3 is 2.32 bits per heavy atom. The molecule has 2 aliphatic heterocycles. The predicted octanol–water partition coefficient (Wildman–Crippen LogP) is 3.24. The van der Waals surface area contributed by atoms with E-state index in [1.165, 1.54) is 20.7 Å². The van der Waals surface area contributed by atoms with E-state index in [4.69, 9.17) is 16.3 Å². The molecule has 2 fully saturated rings. The van der Waals surface area contributed by atoms with Gasteiger partial charge < -0.3 is 10.1 Å². The van der Waals surface area contributed by atoms with E-state index in [2.05, 4.69) is 5.32 Å². The number of rotatable bonds is 9. The molecule has 2 heterocycles. The fourth-order valence-corrected chi connectivity index (χ4v) is 8.10. The Kier molecular flexibility index (Phi) is 8.80. The zero-order chi connectivity index (χ0) is 26.6. The number of nitrogens with one attached hydrogen (secondary N) is 1. The molecule has 1 N–H and O–H groups in total. The third-order valence-corrected chi connectivity index (χ3v) is 10.7. The maximum absolute atomic E-state index is 13.4. The molecule has 0 bridgehead atoms. The maximum Gasteiger partial charge on any atom is 0.246 e. The SMILES string of the molecule is CCOc1ccc(Cl)cc1S(=O)(=O)N1CCC[C@H](C(=O)NCc2ccc(S(=O)(=O)N3CCCC3)cc2)C1. The molecule has 202 valence electrons. The Balaban J connectivity index is 1.39. The first-order chi connectivity index (χ1) is 17.6. The molecule has 0 spiro atoms. The Labute approximate surface area is 223 Å². The smallest absolute Gasteiger partial charge is 0.246 e. The number of hydrogen-bond donors (Lipinski definition) is 1. The molecule has 1 amide bonds. The van der Waals surface area contributed by atoms with Crippen molar-refractivity contribution in [3.63, 3.8) is 0 Å². The van der Waals surface area contributed by atoms with E-state index in [-0.39, 0.29) is 39.6 Å². The van der Waals surface area contributed by atoms with E-state index in [9.17, 15) is 21.6 Å². The molecule has 37 heavy (non-hydrogen) atoms. The van der Waals surface area contributed by atoms with Crippen molar-refractivity contribution >= 4 is 37.6 Å². The topological polar surface area (TPSA) is 113 Å². The lowest BCUT2D eigenvalue weighted by molar-refractivity contribution is -0.126. The average molecular weight is 570 g/mol. The number of amides is 1. The van der Waals surface area contributed by atoms with Gasteiger partial charge in [-0.1, -0.05) is 23.7 Å². The Bertz CT molecular complexity index is 1330. The summed E-state index contributed by atoms with van der Waals surface area (Å²) in [7, 11) is -7.40. The highest BCUT2D eigenvalue weighted by atomic mass is 35.5. The summed E-state index contributed by atoms with van der Waals surface area (Å²) < 4.78 is 60.5. The van der Waals surface area contributed by atoms with E-state index in [0.29, 0.717) is 39.1 Å². The second-order valence-corrected chi connectivity index (χ2v) is 13.5. The second-order valence-electron chi connectivity index (χ2n) is 9.20. The predicted molar refractivity (Wildman–Crippen MR) is 140 cm³/mol. The van der Waals surface area contributed by atoms with Crippen molar-refractivity contribution in [2.45, 2.75) is 48.9 Å². The van der Waals surface area contributed by atoms with Crippen molar-refractivity contribution < 1.29 is 26.4 Å². The van der Waals surface area contributed by atoms with Crippen LogP contribution in [0.15, 0.2) is 52.3 Å². The maximum atomic E-state index is 13.4. The summed E-state index contributed by atoms with van der Waals surface area (Å²) in [5, 5.41) is 3.15. The first-order valence-corrected chi connectivity index (χ1v) is 15.7. The molecule has 0 aromatic heterocycles. The van der Waals surface area contributed by atoms with Crippen LogP contribution in [0.5, 0.6) is 5.75 Å². The minimum Gasteiger partial charge on any atom is -0.492 e. The summed E-state index contributed by atoms with van der Waals surface area (Å²) in [5.74, 6) is -0.522. The summed E-state index contributed by atoms with van der Waals surface area (Å²) in [6, 6.07) is 11.0. The van der Waals surface area contributed by atoms with Crippen molar-refractivity contribution in [2.75, 3.05) is 32.8 Å². The van der Waals surface area contributed by atoms with Gasteiger partial charge in [0, 0.05) is 37.7 Å². The first kappa shape index (κ1) is 27.8. The molecule has 0 saturated carbocycles. The molecule has 2 saturated heterocycles. The van der Waals surface area contributed by atoms with Crippen LogP contribution in [0.3, 0.4) is 0 Å². The molecule has 2 aromatic carbocycles. The van der Waals surface area contributed by atoms with Crippen LogP contribution < -0.4 is 10.1 Å². The fraction of sp³-hybridized carbons (Fsp3) is 0.480. The Hall–Kier alpha value is -2.18. The summed E-state index contributed by atoms with van der Waals surface area (Å²) in [6.07, 6.45) is 2.86. The number of piperidine rings is 1. The molecule has 4 rings (SSSR count). The van der Waals surface area contributed by atoms with Gasteiger partial charge in [0.05, 0.1) is 17.4 Å². The van der Waals surface area contributed by atoms with Crippen LogP contribution in [-0.2, 0) is 31.4 Å². The van der Waals surface area contributed by atoms with Crippen molar-refractivity contribution in [1.29, 1.82) is 0 Å². The van der Waals surface area contributed by atoms with Gasteiger partial charge in [0.25, 0.3) is 0 Å². The van der Waals surface area contributed by atoms with Gasteiger partial charge in [0.2, 0.25) is 26.0 Å². The first-order valence-electron chi connectivity index (χ1n) is 12.4. The zero-order valence-electron chi connectivity index (χ0n) is 20.7. The molecular formula is C25H32ClN3O6S2. The third kappa shape index (κ3) is 6.28. The van der Waals surface area contributed by atoms with E-state index < -0.39 is 26.0 Å². The zero-order valence-corrected chi connectivity index (χ0v) is 23.1. The quantitative estimate of drug-likeness (QED) is 0.496. The van der Waals surface area contributed by atoms with Crippen LogP contribution in [0.4, 0.5) is 0 Å². The van der Waals surface area contributed by atoms with E-state index in [1.807, 2.05) is 0 Å². The largest absolute Gasteiger partial charge is 0.492 e. The van der Waals surface area contributed by atoms with Gasteiger partial charge in [-0.15, -0.1) is 0 Å². The number of carbonyl (C=O) groups is 1. The van der Waals surface area contributed by atoms with E-state index >= 15 is 0 Å². The van der Waals surface area contributed by atoms with Crippen LogP contribution in [0.2, 0.25) is 5.02 Å². The molecule has 2 aliphatic rings. The number of ether oxygens (including phenoxy) is 1. The monoisotopic (exact) mass is 569 g/mol. The van der Waals surface area contributed by atoms with Gasteiger partial charge in [0.1, 0.15) is 10.6 Å². The van der Waals surface area contributed by atoms with E-state index in [1.54, 1.807) is 37.3 Å². The van der Waals surface area contributed by atoms with Gasteiger partial charge in [0.15, 0.2) is 0 Å². The third-order valence-electron chi connectivity index (χ3n) is 6.67. The van der Waals surface area contributed by atoms with E-state index in [0.717, 1.165) is 18.4 Å². The van der Waals surface area contributed by atoms with Gasteiger partial charge >= 0.3 is 0 Å². The molecule has 12 heteroatoms. The highest BCUT2D eigenvalue weighted by Gasteiger charge is 2.35. The average Bonchev–Trinajstić information content (AvgIpc) is 3.45. The molecule has 0 aliphatic carbocycles. The Morgan fingerprint density at radius 1 is 0.973 bits per heavy atom.